The van der Waals surface area contributed by atoms with Crippen LogP contribution in [0.4, 0.5) is 34.1 Å². The number of anilines is 6. The average molecular weight is 1100 g/mol. The van der Waals surface area contributed by atoms with E-state index in [9.17, 15) is 0 Å². The maximum absolute atomic E-state index is 6.63. The van der Waals surface area contributed by atoms with Gasteiger partial charge in [-0.2, -0.15) is 0 Å². The third kappa shape index (κ3) is 7.67. The van der Waals surface area contributed by atoms with E-state index in [0.29, 0.717) is 0 Å². The fourth-order valence-electron chi connectivity index (χ4n) is 15.3. The van der Waals surface area contributed by atoms with Crippen molar-refractivity contribution in [2.45, 2.75) is 47.0 Å². The molecular formula is C81H62N2O2. The second kappa shape index (κ2) is 18.9. The summed E-state index contributed by atoms with van der Waals surface area (Å²) in [5, 5.41) is 12.1. The molecule has 4 nitrogen and oxygen atoms in total. The lowest BCUT2D eigenvalue weighted by Gasteiger charge is -2.53. The first-order valence-corrected chi connectivity index (χ1v) is 29.7. The van der Waals surface area contributed by atoms with Gasteiger partial charge in [-0.05, 0) is 185 Å². The van der Waals surface area contributed by atoms with Gasteiger partial charge in [-0.3, -0.25) is 0 Å². The Morgan fingerprint density at radius 3 is 1.27 bits per heavy atom. The SMILES string of the molecule is CC(C)(C)C1(C(C)(C)C)c2cc3cc(-c4ccc(N(c5ccccc5)c5cccc6c5oc5ccccc56)cc4)ccc3cc2-c2c1c1ccc(-c3ccc(N(c4ccccc4)c4cccc5c4oc4ccccc45)cc3)cc1c1ccccc21. The zero-order chi connectivity index (χ0) is 57.3. The minimum absolute atomic E-state index is 0.190. The molecule has 0 aliphatic heterocycles. The van der Waals surface area contributed by atoms with E-state index < -0.39 is 0 Å². The van der Waals surface area contributed by atoms with Gasteiger partial charge in [0.1, 0.15) is 11.2 Å². The average Bonchev–Trinajstić information content (AvgIpc) is 1.58. The first-order chi connectivity index (χ1) is 41.4. The van der Waals surface area contributed by atoms with Crippen LogP contribution in [0.15, 0.2) is 276 Å². The molecule has 15 aromatic rings. The van der Waals surface area contributed by atoms with Crippen molar-refractivity contribution in [3.63, 3.8) is 0 Å². The number of hydrogen-bond acceptors (Lipinski definition) is 4. The van der Waals surface area contributed by atoms with Gasteiger partial charge in [0.2, 0.25) is 0 Å². The molecule has 0 spiro atoms. The van der Waals surface area contributed by atoms with Crippen LogP contribution in [0, 0.1) is 10.8 Å². The van der Waals surface area contributed by atoms with Crippen LogP contribution < -0.4 is 9.80 Å². The van der Waals surface area contributed by atoms with Crippen molar-refractivity contribution < 1.29 is 8.83 Å². The van der Waals surface area contributed by atoms with E-state index in [4.69, 9.17) is 8.83 Å². The minimum atomic E-state index is -0.380. The van der Waals surface area contributed by atoms with Crippen LogP contribution in [0.25, 0.3) is 110 Å². The molecule has 0 N–H and O–H groups in total. The monoisotopic (exact) mass is 1090 g/mol. The highest BCUT2D eigenvalue weighted by Gasteiger charge is 2.59. The Hall–Kier alpha value is -10.2. The summed E-state index contributed by atoms with van der Waals surface area (Å²) in [4.78, 5) is 4.63. The van der Waals surface area contributed by atoms with Crippen LogP contribution in [-0.2, 0) is 5.41 Å². The first-order valence-electron chi connectivity index (χ1n) is 29.7. The lowest BCUT2D eigenvalue weighted by Crippen LogP contribution is -2.50. The van der Waals surface area contributed by atoms with Crippen molar-refractivity contribution in [3.8, 4) is 33.4 Å². The Morgan fingerprint density at radius 2 is 0.741 bits per heavy atom. The highest BCUT2D eigenvalue weighted by Crippen LogP contribution is 2.68. The number of para-hydroxylation sites is 6. The Kier molecular flexibility index (Phi) is 11.3. The van der Waals surface area contributed by atoms with Gasteiger partial charge in [0.15, 0.2) is 11.2 Å². The maximum Gasteiger partial charge on any atom is 0.159 e. The molecule has 0 amide bonds. The topological polar surface area (TPSA) is 32.8 Å². The van der Waals surface area contributed by atoms with Gasteiger partial charge < -0.3 is 18.6 Å². The number of fused-ring (bicyclic) bond motifs is 15. The molecule has 85 heavy (non-hydrogen) atoms. The Bertz CT molecular complexity index is 5120. The third-order valence-corrected chi connectivity index (χ3v) is 18.5. The molecule has 4 heteroatoms. The van der Waals surface area contributed by atoms with Gasteiger partial charge >= 0.3 is 0 Å². The molecule has 0 unspecified atom stereocenters. The number of rotatable bonds is 8. The number of nitrogens with zero attached hydrogens (tertiary/aromatic N) is 2. The van der Waals surface area contributed by atoms with E-state index in [1.807, 2.05) is 12.1 Å². The Balaban J connectivity index is 0.804. The highest BCUT2D eigenvalue weighted by atomic mass is 16.3. The lowest BCUT2D eigenvalue weighted by molar-refractivity contribution is 0.0965. The molecule has 0 bridgehead atoms. The summed E-state index contributed by atoms with van der Waals surface area (Å²) < 4.78 is 13.2. The van der Waals surface area contributed by atoms with Crippen molar-refractivity contribution in [3.05, 3.63) is 278 Å². The second-order valence-electron chi connectivity index (χ2n) is 25.2. The zero-order valence-corrected chi connectivity index (χ0v) is 48.6. The summed E-state index contributed by atoms with van der Waals surface area (Å²) >= 11 is 0. The van der Waals surface area contributed by atoms with E-state index in [1.165, 1.54) is 71.3 Å². The predicted octanol–water partition coefficient (Wildman–Crippen LogP) is 23.6. The fourth-order valence-corrected chi connectivity index (χ4v) is 15.3. The summed E-state index contributed by atoms with van der Waals surface area (Å²) in [7, 11) is 0. The van der Waals surface area contributed by atoms with Gasteiger partial charge in [0, 0.05) is 49.7 Å². The smallest absolute Gasteiger partial charge is 0.159 e. The summed E-state index contributed by atoms with van der Waals surface area (Å²) in [6, 6.07) is 97.4. The quantitative estimate of drug-likeness (QED) is 0.142. The zero-order valence-electron chi connectivity index (χ0n) is 48.6. The minimum Gasteiger partial charge on any atom is -0.454 e. The molecule has 16 rings (SSSR count). The van der Waals surface area contributed by atoms with Crippen LogP contribution in [0.1, 0.15) is 52.7 Å². The standard InChI is InChI=1S/C81H62N2O2/c1-79(2,3)81(80(4,5)6)70-50-56-47-53(51-37-42-59(43-38-51)82(57-21-9-7-10-22-57)71-31-19-29-66-62-26-15-17-33-73(62)84-77(66)71)35-36-55(56)49-69(70)75-64-28-14-13-25-61(64)68-48-54(41-46-65(68)76(75)81)52-39-44-60(45-40-52)83(58-23-11-8-12-24-58)72-32-20-30-67-63-27-16-18-34-74(63)85-78(67)72/h7-50H,1-6H3. The molecule has 0 saturated heterocycles. The molecule has 0 atom stereocenters. The Labute approximate surface area is 495 Å². The van der Waals surface area contributed by atoms with E-state index in [1.54, 1.807) is 0 Å². The molecular weight excluding hydrogens is 1030 g/mol. The van der Waals surface area contributed by atoms with Crippen molar-refractivity contribution in [2.24, 2.45) is 10.8 Å². The summed E-state index contributed by atoms with van der Waals surface area (Å²) in [5.41, 5.74) is 19.2. The molecule has 408 valence electrons. The number of hydrogen-bond donors (Lipinski definition) is 0. The molecule has 0 radical (unpaired) electrons. The van der Waals surface area contributed by atoms with Gasteiger partial charge in [-0.15, -0.1) is 0 Å². The molecule has 0 saturated carbocycles. The molecule has 0 fully saturated rings. The van der Waals surface area contributed by atoms with Gasteiger partial charge in [-0.25, -0.2) is 0 Å². The van der Waals surface area contributed by atoms with Crippen molar-refractivity contribution >= 4 is 110 Å². The predicted molar refractivity (Wildman–Crippen MR) is 359 cm³/mol. The summed E-state index contributed by atoms with van der Waals surface area (Å²) in [6.07, 6.45) is 0. The van der Waals surface area contributed by atoms with E-state index in [0.717, 1.165) is 83.6 Å². The lowest BCUT2D eigenvalue weighted by atomic mass is 9.49. The van der Waals surface area contributed by atoms with E-state index in [-0.39, 0.29) is 16.2 Å². The van der Waals surface area contributed by atoms with Gasteiger partial charge in [-0.1, -0.05) is 211 Å². The van der Waals surface area contributed by atoms with Gasteiger partial charge in [0.25, 0.3) is 0 Å². The van der Waals surface area contributed by atoms with E-state index >= 15 is 0 Å². The van der Waals surface area contributed by atoms with Crippen LogP contribution in [0.5, 0.6) is 0 Å². The van der Waals surface area contributed by atoms with E-state index in [2.05, 4.69) is 306 Å². The van der Waals surface area contributed by atoms with Crippen molar-refractivity contribution in [1.29, 1.82) is 0 Å². The molecule has 2 aromatic heterocycles. The first kappa shape index (κ1) is 50.6. The normalized spacial score (nSPS) is 13.2. The van der Waals surface area contributed by atoms with Crippen LogP contribution in [0.2, 0.25) is 0 Å². The van der Waals surface area contributed by atoms with Crippen LogP contribution >= 0.6 is 0 Å². The summed E-state index contributed by atoms with van der Waals surface area (Å²) in [5.74, 6) is 0. The molecule has 1 aliphatic rings. The molecule has 13 aromatic carbocycles. The molecule has 1 aliphatic carbocycles. The summed E-state index contributed by atoms with van der Waals surface area (Å²) in [6.45, 7) is 14.8. The van der Waals surface area contributed by atoms with Gasteiger partial charge in [0.05, 0.1) is 11.4 Å². The fraction of sp³-hybridized carbons (Fsp3) is 0.111. The third-order valence-electron chi connectivity index (χ3n) is 18.5. The second-order valence-corrected chi connectivity index (χ2v) is 25.2. The number of benzene rings is 13. The van der Waals surface area contributed by atoms with Crippen molar-refractivity contribution in [1.82, 2.24) is 0 Å². The van der Waals surface area contributed by atoms with Crippen LogP contribution in [0.3, 0.4) is 0 Å². The van der Waals surface area contributed by atoms with Crippen molar-refractivity contribution in [2.75, 3.05) is 9.80 Å². The molecule has 2 heterocycles. The Morgan fingerprint density at radius 1 is 0.306 bits per heavy atom. The highest BCUT2D eigenvalue weighted by molar-refractivity contribution is 6.20. The largest absolute Gasteiger partial charge is 0.454 e. The maximum atomic E-state index is 6.63. The number of furan rings is 2. The van der Waals surface area contributed by atoms with Crippen LogP contribution in [-0.4, -0.2) is 0 Å².